The third kappa shape index (κ3) is 4.94. The van der Waals surface area contributed by atoms with Gasteiger partial charge in [-0.3, -0.25) is 0 Å². The summed E-state index contributed by atoms with van der Waals surface area (Å²) in [6.07, 6.45) is 7.83. The molecule has 0 spiro atoms. The summed E-state index contributed by atoms with van der Waals surface area (Å²) in [5, 5.41) is 15.3. The van der Waals surface area contributed by atoms with Gasteiger partial charge >= 0.3 is 0 Å². The van der Waals surface area contributed by atoms with Gasteiger partial charge in [-0.2, -0.15) is 0 Å². The van der Waals surface area contributed by atoms with E-state index in [1.807, 2.05) is 13.8 Å². The van der Waals surface area contributed by atoms with Crippen LogP contribution in [-0.4, -0.2) is 24.1 Å². The number of oxime groups is 1. The van der Waals surface area contributed by atoms with Crippen molar-refractivity contribution in [2.75, 3.05) is 13.1 Å². The van der Waals surface area contributed by atoms with Crippen LogP contribution in [0, 0.1) is 11.3 Å². The highest BCUT2D eigenvalue weighted by Gasteiger charge is 2.23. The Hall–Kier alpha value is -0.770. The highest BCUT2D eigenvalue weighted by molar-refractivity contribution is 5.85. The quantitative estimate of drug-likeness (QED) is 0.220. The molecule has 0 saturated heterocycles. The lowest BCUT2D eigenvalue weighted by Gasteiger charge is -2.25. The second-order valence-electron chi connectivity index (χ2n) is 5.83. The summed E-state index contributed by atoms with van der Waals surface area (Å²) in [5.41, 5.74) is 5.42. The number of amidine groups is 1. The zero-order valence-electron chi connectivity index (χ0n) is 11.2. The second kappa shape index (κ2) is 6.84. The maximum absolute atomic E-state index is 8.67. The predicted octanol–water partition coefficient (Wildman–Crippen LogP) is 2.32. The zero-order chi connectivity index (χ0) is 12.7. The van der Waals surface area contributed by atoms with E-state index >= 15 is 0 Å². The first-order valence-electron chi connectivity index (χ1n) is 6.75. The average Bonchev–Trinajstić information content (AvgIpc) is 2.35. The summed E-state index contributed by atoms with van der Waals surface area (Å²) in [6, 6.07) is 0. The maximum Gasteiger partial charge on any atom is 0.144 e. The molecule has 0 aromatic rings. The summed E-state index contributed by atoms with van der Waals surface area (Å²) in [6.45, 7) is 6.06. The topological polar surface area (TPSA) is 70.6 Å². The van der Waals surface area contributed by atoms with Crippen molar-refractivity contribution in [1.29, 1.82) is 0 Å². The van der Waals surface area contributed by atoms with E-state index in [2.05, 4.69) is 10.5 Å². The molecular formula is C13H27N3O. The van der Waals surface area contributed by atoms with Gasteiger partial charge in [-0.1, -0.05) is 38.3 Å². The van der Waals surface area contributed by atoms with E-state index in [4.69, 9.17) is 10.9 Å². The number of nitrogens with zero attached hydrogens (tertiary/aromatic N) is 1. The maximum atomic E-state index is 8.67. The molecule has 4 N–H and O–H groups in total. The highest BCUT2D eigenvalue weighted by Crippen LogP contribution is 2.23. The molecule has 17 heavy (non-hydrogen) atoms. The van der Waals surface area contributed by atoms with E-state index in [1.165, 1.54) is 32.1 Å². The van der Waals surface area contributed by atoms with Crippen LogP contribution < -0.4 is 11.1 Å². The van der Waals surface area contributed by atoms with Gasteiger partial charge in [-0.25, -0.2) is 0 Å². The molecule has 0 radical (unpaired) electrons. The lowest BCUT2D eigenvalue weighted by Crippen LogP contribution is -2.36. The van der Waals surface area contributed by atoms with Crippen LogP contribution in [-0.2, 0) is 0 Å². The van der Waals surface area contributed by atoms with Gasteiger partial charge in [-0.15, -0.1) is 0 Å². The van der Waals surface area contributed by atoms with Gasteiger partial charge in [0.05, 0.1) is 0 Å². The standard InChI is InChI=1S/C13H27N3O/c1-13(2,12(14)16-17)8-9-15-10-11-6-4-3-5-7-11/h11,15,17H,3-10H2,1-2H3,(H2,14,16). The fraction of sp³-hybridized carbons (Fsp3) is 0.923. The number of rotatable bonds is 6. The molecule has 1 aliphatic rings. The first-order valence-corrected chi connectivity index (χ1v) is 6.75. The Bertz CT molecular complexity index is 245. The molecule has 0 aliphatic heterocycles. The molecule has 0 atom stereocenters. The number of nitrogens with one attached hydrogen (secondary N) is 1. The molecule has 1 aliphatic carbocycles. The van der Waals surface area contributed by atoms with Crippen LogP contribution in [0.25, 0.3) is 0 Å². The summed E-state index contributed by atoms with van der Waals surface area (Å²) in [7, 11) is 0. The molecule has 0 aromatic carbocycles. The zero-order valence-corrected chi connectivity index (χ0v) is 11.2. The van der Waals surface area contributed by atoms with Crippen molar-refractivity contribution in [3.05, 3.63) is 0 Å². The lowest BCUT2D eigenvalue weighted by atomic mass is 9.87. The van der Waals surface area contributed by atoms with Crippen LogP contribution >= 0.6 is 0 Å². The van der Waals surface area contributed by atoms with Crippen molar-refractivity contribution < 1.29 is 5.21 Å². The van der Waals surface area contributed by atoms with Crippen molar-refractivity contribution in [3.8, 4) is 0 Å². The Morgan fingerprint density at radius 1 is 1.35 bits per heavy atom. The molecule has 4 nitrogen and oxygen atoms in total. The van der Waals surface area contributed by atoms with E-state index in [9.17, 15) is 0 Å². The smallest absolute Gasteiger partial charge is 0.144 e. The van der Waals surface area contributed by atoms with E-state index in [1.54, 1.807) is 0 Å². The van der Waals surface area contributed by atoms with Crippen molar-refractivity contribution in [3.63, 3.8) is 0 Å². The Morgan fingerprint density at radius 2 is 2.00 bits per heavy atom. The van der Waals surface area contributed by atoms with Gasteiger partial charge in [-0.05, 0) is 38.3 Å². The Labute approximate surface area is 105 Å². The summed E-state index contributed by atoms with van der Waals surface area (Å²) in [5.74, 6) is 1.17. The van der Waals surface area contributed by atoms with Crippen molar-refractivity contribution >= 4 is 5.84 Å². The highest BCUT2D eigenvalue weighted by atomic mass is 16.4. The third-order valence-corrected chi connectivity index (χ3v) is 3.89. The Kier molecular flexibility index (Phi) is 5.75. The lowest BCUT2D eigenvalue weighted by molar-refractivity contribution is 0.302. The molecule has 4 heteroatoms. The molecule has 100 valence electrons. The van der Waals surface area contributed by atoms with Gasteiger partial charge in [0.25, 0.3) is 0 Å². The minimum Gasteiger partial charge on any atom is -0.409 e. The third-order valence-electron chi connectivity index (χ3n) is 3.89. The number of hydrogen-bond donors (Lipinski definition) is 3. The minimum absolute atomic E-state index is 0.228. The number of nitrogens with two attached hydrogens (primary N) is 1. The minimum atomic E-state index is -0.228. The van der Waals surface area contributed by atoms with Crippen molar-refractivity contribution in [2.45, 2.75) is 52.4 Å². The van der Waals surface area contributed by atoms with Crippen LogP contribution in [0.4, 0.5) is 0 Å². The van der Waals surface area contributed by atoms with Crippen molar-refractivity contribution in [2.24, 2.45) is 22.2 Å². The monoisotopic (exact) mass is 241 g/mol. The summed E-state index contributed by atoms with van der Waals surface area (Å²) in [4.78, 5) is 0. The largest absolute Gasteiger partial charge is 0.409 e. The van der Waals surface area contributed by atoms with Gasteiger partial charge in [0.15, 0.2) is 0 Å². The molecule has 0 heterocycles. The first kappa shape index (κ1) is 14.3. The van der Waals surface area contributed by atoms with E-state index in [-0.39, 0.29) is 5.41 Å². The summed E-state index contributed by atoms with van der Waals surface area (Å²) >= 11 is 0. The second-order valence-corrected chi connectivity index (χ2v) is 5.83. The van der Waals surface area contributed by atoms with Crippen LogP contribution in [0.1, 0.15) is 52.4 Å². The molecule has 0 bridgehead atoms. The SMILES string of the molecule is CC(C)(CCNCC1CCCCC1)C(N)=NO. The first-order chi connectivity index (χ1) is 8.06. The van der Waals surface area contributed by atoms with Crippen LogP contribution in [0.15, 0.2) is 5.16 Å². The average molecular weight is 241 g/mol. The van der Waals surface area contributed by atoms with Gasteiger partial charge in [0.1, 0.15) is 5.84 Å². The molecule has 0 unspecified atom stereocenters. The molecule has 0 amide bonds. The molecule has 1 fully saturated rings. The van der Waals surface area contributed by atoms with Crippen LogP contribution in [0.3, 0.4) is 0 Å². The number of hydrogen-bond acceptors (Lipinski definition) is 3. The van der Waals surface area contributed by atoms with Gasteiger partial charge in [0.2, 0.25) is 0 Å². The van der Waals surface area contributed by atoms with E-state index in [0.29, 0.717) is 5.84 Å². The predicted molar refractivity (Wildman–Crippen MR) is 71.3 cm³/mol. The van der Waals surface area contributed by atoms with Crippen molar-refractivity contribution in [1.82, 2.24) is 5.32 Å². The summed E-state index contributed by atoms with van der Waals surface area (Å²) < 4.78 is 0. The normalized spacial score (nSPS) is 19.5. The van der Waals surface area contributed by atoms with E-state index < -0.39 is 0 Å². The molecule has 1 saturated carbocycles. The van der Waals surface area contributed by atoms with Gasteiger partial charge < -0.3 is 16.3 Å². The molecular weight excluding hydrogens is 214 g/mol. The Morgan fingerprint density at radius 3 is 2.59 bits per heavy atom. The van der Waals surface area contributed by atoms with Crippen LogP contribution in [0.2, 0.25) is 0 Å². The molecule has 1 rings (SSSR count). The molecule has 0 aromatic heterocycles. The van der Waals surface area contributed by atoms with Gasteiger partial charge in [0, 0.05) is 5.41 Å². The fourth-order valence-electron chi connectivity index (χ4n) is 2.36. The van der Waals surface area contributed by atoms with Crippen LogP contribution in [0.5, 0.6) is 0 Å². The fourth-order valence-corrected chi connectivity index (χ4v) is 2.36. The van der Waals surface area contributed by atoms with E-state index in [0.717, 1.165) is 25.4 Å². The Balaban J connectivity index is 2.14.